The van der Waals surface area contributed by atoms with Crippen LogP contribution in [-0.4, -0.2) is 28.4 Å². The van der Waals surface area contributed by atoms with Gasteiger partial charge in [-0.05, 0) is 12.1 Å². The first-order chi connectivity index (χ1) is 10.4. The van der Waals surface area contributed by atoms with Gasteiger partial charge in [-0.1, -0.05) is 0 Å². The number of carbonyl (C=O) groups excluding carboxylic acids is 1. The normalized spacial score (nSPS) is 11.0. The molecule has 0 aliphatic rings. The molecule has 7 nitrogen and oxygen atoms in total. The van der Waals surface area contributed by atoms with Crippen LogP contribution in [0.3, 0.4) is 0 Å². The molecule has 0 saturated heterocycles. The summed E-state index contributed by atoms with van der Waals surface area (Å²) in [6.07, 6.45) is 0. The molecule has 0 amide bonds. The number of benzene rings is 2. The second kappa shape index (κ2) is 4.66. The Morgan fingerprint density at radius 2 is 1.77 bits per heavy atom. The predicted octanol–water partition coefficient (Wildman–Crippen LogP) is 1.85. The summed E-state index contributed by atoms with van der Waals surface area (Å²) in [5.74, 6) is -2.12. The fraction of sp³-hybridized carbons (Fsp3) is 0.0667. The summed E-state index contributed by atoms with van der Waals surface area (Å²) in [5.41, 5.74) is -1.09. The average molecular weight is 302 g/mol. The van der Waals surface area contributed by atoms with E-state index < -0.39 is 22.9 Å². The van der Waals surface area contributed by atoms with Gasteiger partial charge in [0.15, 0.2) is 0 Å². The van der Waals surface area contributed by atoms with E-state index in [1.807, 2.05) is 0 Å². The van der Waals surface area contributed by atoms with E-state index in [-0.39, 0.29) is 33.3 Å². The maximum Gasteiger partial charge on any atom is 0.342 e. The number of phenolic OH excluding ortho intramolecular Hbond substituents is 3. The molecule has 3 aromatic rings. The fourth-order valence-corrected chi connectivity index (χ4v) is 2.33. The Balaban J connectivity index is 2.59. The molecule has 0 spiro atoms. The van der Waals surface area contributed by atoms with Crippen molar-refractivity contribution in [3.05, 3.63) is 40.1 Å². The van der Waals surface area contributed by atoms with Gasteiger partial charge in [-0.25, -0.2) is 4.79 Å². The molecule has 22 heavy (non-hydrogen) atoms. The Hall–Kier alpha value is -3.22. The molecule has 1 aromatic heterocycles. The van der Waals surface area contributed by atoms with Gasteiger partial charge in [-0.3, -0.25) is 4.79 Å². The topological polar surface area (TPSA) is 117 Å². The van der Waals surface area contributed by atoms with Crippen LogP contribution in [0.2, 0.25) is 0 Å². The third-order valence-corrected chi connectivity index (χ3v) is 3.27. The van der Waals surface area contributed by atoms with Crippen LogP contribution in [0, 0.1) is 0 Å². The average Bonchev–Trinajstić information content (AvgIpc) is 2.46. The maximum absolute atomic E-state index is 12.6. The van der Waals surface area contributed by atoms with Crippen molar-refractivity contribution >= 4 is 27.9 Å². The summed E-state index contributed by atoms with van der Waals surface area (Å²) in [5, 5.41) is 28.7. The van der Waals surface area contributed by atoms with Crippen molar-refractivity contribution in [2.24, 2.45) is 0 Å². The number of hydrogen-bond acceptors (Lipinski definition) is 7. The highest BCUT2D eigenvalue weighted by atomic mass is 16.5. The second-order valence-corrected chi connectivity index (χ2v) is 4.59. The third-order valence-electron chi connectivity index (χ3n) is 3.27. The zero-order valence-electron chi connectivity index (χ0n) is 11.3. The molecule has 0 fully saturated rings. The van der Waals surface area contributed by atoms with Gasteiger partial charge < -0.3 is 24.5 Å². The second-order valence-electron chi connectivity index (χ2n) is 4.59. The highest BCUT2D eigenvalue weighted by Gasteiger charge is 2.22. The number of hydrogen-bond donors (Lipinski definition) is 3. The monoisotopic (exact) mass is 302 g/mol. The van der Waals surface area contributed by atoms with E-state index in [1.165, 1.54) is 18.2 Å². The van der Waals surface area contributed by atoms with Crippen molar-refractivity contribution in [2.45, 2.75) is 0 Å². The molecule has 0 bridgehead atoms. The molecule has 0 unspecified atom stereocenters. The lowest BCUT2D eigenvalue weighted by Gasteiger charge is -2.08. The zero-order valence-corrected chi connectivity index (χ0v) is 11.3. The summed E-state index contributed by atoms with van der Waals surface area (Å²) < 4.78 is 10.00. The van der Waals surface area contributed by atoms with Crippen LogP contribution in [-0.2, 0) is 4.74 Å². The first-order valence-corrected chi connectivity index (χ1v) is 6.17. The number of carbonyl (C=O) groups is 1. The Bertz CT molecular complexity index is 985. The molecular formula is C15H10O7. The van der Waals surface area contributed by atoms with Crippen molar-refractivity contribution < 1.29 is 29.3 Å². The SMILES string of the molecule is COC(=O)c1c(O)ccc2oc3cc(O)cc(O)c3c(=O)c12. The summed E-state index contributed by atoms with van der Waals surface area (Å²) in [4.78, 5) is 24.4. The molecule has 1 heterocycles. The smallest absolute Gasteiger partial charge is 0.342 e. The summed E-state index contributed by atoms with van der Waals surface area (Å²) >= 11 is 0. The van der Waals surface area contributed by atoms with E-state index in [9.17, 15) is 24.9 Å². The Labute approximate surface area is 122 Å². The molecule has 0 radical (unpaired) electrons. The lowest BCUT2D eigenvalue weighted by atomic mass is 10.0. The lowest BCUT2D eigenvalue weighted by molar-refractivity contribution is 0.0599. The highest BCUT2D eigenvalue weighted by Crippen LogP contribution is 2.33. The van der Waals surface area contributed by atoms with Crippen LogP contribution in [0.4, 0.5) is 0 Å². The fourth-order valence-electron chi connectivity index (χ4n) is 2.33. The molecule has 112 valence electrons. The molecule has 3 rings (SSSR count). The van der Waals surface area contributed by atoms with E-state index in [1.54, 1.807) is 0 Å². The molecule has 2 aromatic carbocycles. The number of rotatable bonds is 1. The van der Waals surface area contributed by atoms with Crippen molar-refractivity contribution in [3.63, 3.8) is 0 Å². The van der Waals surface area contributed by atoms with Gasteiger partial charge in [0.2, 0.25) is 5.43 Å². The number of fused-ring (bicyclic) bond motifs is 2. The number of esters is 1. The van der Waals surface area contributed by atoms with Crippen LogP contribution in [0.15, 0.2) is 33.5 Å². The Morgan fingerprint density at radius 3 is 2.45 bits per heavy atom. The molecular weight excluding hydrogens is 292 g/mol. The van der Waals surface area contributed by atoms with Gasteiger partial charge in [0.25, 0.3) is 0 Å². The van der Waals surface area contributed by atoms with Crippen LogP contribution in [0.25, 0.3) is 21.9 Å². The number of methoxy groups -OCH3 is 1. The van der Waals surface area contributed by atoms with E-state index in [0.29, 0.717) is 0 Å². The van der Waals surface area contributed by atoms with Crippen molar-refractivity contribution in [1.29, 1.82) is 0 Å². The van der Waals surface area contributed by atoms with Gasteiger partial charge in [-0.15, -0.1) is 0 Å². The molecule has 0 aliphatic heterocycles. The van der Waals surface area contributed by atoms with E-state index in [2.05, 4.69) is 4.74 Å². The van der Waals surface area contributed by atoms with Gasteiger partial charge >= 0.3 is 5.97 Å². The first-order valence-electron chi connectivity index (χ1n) is 6.17. The third kappa shape index (κ3) is 1.83. The Morgan fingerprint density at radius 1 is 1.05 bits per heavy atom. The quantitative estimate of drug-likeness (QED) is 0.464. The van der Waals surface area contributed by atoms with Crippen molar-refractivity contribution in [1.82, 2.24) is 0 Å². The van der Waals surface area contributed by atoms with Gasteiger partial charge in [0.05, 0.1) is 12.5 Å². The lowest BCUT2D eigenvalue weighted by Crippen LogP contribution is -2.10. The van der Waals surface area contributed by atoms with Crippen LogP contribution >= 0.6 is 0 Å². The molecule has 7 heteroatoms. The van der Waals surface area contributed by atoms with E-state index in [0.717, 1.165) is 13.2 Å². The minimum absolute atomic E-state index is 0.0145. The molecule has 3 N–H and O–H groups in total. The highest BCUT2D eigenvalue weighted by molar-refractivity contribution is 6.08. The Kier molecular flexibility index (Phi) is 2.91. The largest absolute Gasteiger partial charge is 0.508 e. The summed E-state index contributed by atoms with van der Waals surface area (Å²) in [6, 6.07) is 4.64. The first kappa shape index (κ1) is 13.7. The number of ether oxygens (including phenoxy) is 1. The zero-order chi connectivity index (χ0) is 16.0. The summed E-state index contributed by atoms with van der Waals surface area (Å²) in [7, 11) is 1.11. The van der Waals surface area contributed by atoms with E-state index >= 15 is 0 Å². The minimum Gasteiger partial charge on any atom is -0.508 e. The van der Waals surface area contributed by atoms with Gasteiger partial charge in [0, 0.05) is 12.1 Å². The van der Waals surface area contributed by atoms with Gasteiger partial charge in [-0.2, -0.15) is 0 Å². The number of phenols is 3. The van der Waals surface area contributed by atoms with Crippen molar-refractivity contribution in [2.75, 3.05) is 7.11 Å². The standard InChI is InChI=1S/C15H10O7/c1-21-15(20)12-7(17)2-3-9-13(12)14(19)11-8(18)4-6(16)5-10(11)22-9/h2-5,16-18H,1H3. The van der Waals surface area contributed by atoms with E-state index in [4.69, 9.17) is 4.42 Å². The maximum atomic E-state index is 12.6. The molecule has 0 aliphatic carbocycles. The van der Waals surface area contributed by atoms with Crippen LogP contribution in [0.1, 0.15) is 10.4 Å². The predicted molar refractivity (Wildman–Crippen MR) is 76.3 cm³/mol. The minimum atomic E-state index is -0.909. The molecule has 0 atom stereocenters. The van der Waals surface area contributed by atoms with Crippen LogP contribution in [0.5, 0.6) is 17.2 Å². The summed E-state index contributed by atoms with van der Waals surface area (Å²) in [6.45, 7) is 0. The number of aromatic hydroxyl groups is 3. The van der Waals surface area contributed by atoms with Crippen molar-refractivity contribution in [3.8, 4) is 17.2 Å². The molecule has 0 saturated carbocycles. The van der Waals surface area contributed by atoms with Crippen LogP contribution < -0.4 is 5.43 Å². The van der Waals surface area contributed by atoms with Gasteiger partial charge in [0.1, 0.15) is 39.4 Å².